The third kappa shape index (κ3) is 7.32. The third-order valence-corrected chi connectivity index (χ3v) is 7.58. The minimum absolute atomic E-state index is 0.0467. The van der Waals surface area contributed by atoms with Crippen molar-refractivity contribution in [2.45, 2.75) is 25.3 Å². The van der Waals surface area contributed by atoms with Crippen molar-refractivity contribution in [3.8, 4) is 0 Å². The molecule has 204 valence electrons. The fourth-order valence-electron chi connectivity index (χ4n) is 5.40. The number of carbonyl (C=O) groups is 1. The Balaban J connectivity index is 1.25. The molecule has 1 unspecified atom stereocenters. The minimum atomic E-state index is -0.340. The van der Waals surface area contributed by atoms with Crippen LogP contribution < -0.4 is 5.32 Å². The SMILES string of the molecule is O=C(C(CC1=CCc2ccccc21)Nc1ccc(Cc2ccncc2)cc1)N1CCN(CCOCCO)CC1. The maximum absolute atomic E-state index is 13.9. The molecule has 1 atom stereocenters. The molecule has 3 aromatic rings. The second-order valence-electron chi connectivity index (χ2n) is 10.2. The van der Waals surface area contributed by atoms with E-state index in [1.54, 1.807) is 0 Å². The summed E-state index contributed by atoms with van der Waals surface area (Å²) in [6.07, 6.45) is 8.35. The molecule has 1 aliphatic carbocycles. The molecule has 2 aromatic carbocycles. The highest BCUT2D eigenvalue weighted by Crippen LogP contribution is 2.31. The topological polar surface area (TPSA) is 77.9 Å². The average molecular weight is 527 g/mol. The number of nitrogens with zero attached hydrogens (tertiary/aromatic N) is 3. The van der Waals surface area contributed by atoms with Gasteiger partial charge in [-0.3, -0.25) is 14.7 Å². The Morgan fingerprint density at radius 3 is 2.46 bits per heavy atom. The third-order valence-electron chi connectivity index (χ3n) is 7.58. The van der Waals surface area contributed by atoms with Gasteiger partial charge in [-0.05, 0) is 64.9 Å². The molecular formula is C32H38N4O3. The first-order valence-electron chi connectivity index (χ1n) is 13.9. The highest BCUT2D eigenvalue weighted by molar-refractivity contribution is 5.88. The first kappa shape index (κ1) is 27.1. The van der Waals surface area contributed by atoms with Gasteiger partial charge < -0.3 is 20.1 Å². The van der Waals surface area contributed by atoms with Crippen LogP contribution in [-0.2, 0) is 22.4 Å². The second-order valence-corrected chi connectivity index (χ2v) is 10.2. The van der Waals surface area contributed by atoms with E-state index in [0.29, 0.717) is 32.7 Å². The van der Waals surface area contributed by atoms with Gasteiger partial charge in [0, 0.05) is 57.2 Å². The van der Waals surface area contributed by atoms with E-state index in [2.05, 4.69) is 69.8 Å². The van der Waals surface area contributed by atoms with E-state index in [0.717, 1.165) is 38.2 Å². The Morgan fingerprint density at radius 2 is 1.69 bits per heavy atom. The maximum atomic E-state index is 13.9. The summed E-state index contributed by atoms with van der Waals surface area (Å²) in [5.41, 5.74) is 7.24. The molecule has 0 spiro atoms. The van der Waals surface area contributed by atoms with Gasteiger partial charge in [0.05, 0.1) is 19.8 Å². The van der Waals surface area contributed by atoms with Gasteiger partial charge in [-0.2, -0.15) is 0 Å². The lowest BCUT2D eigenvalue weighted by molar-refractivity contribution is -0.133. The number of benzene rings is 2. The summed E-state index contributed by atoms with van der Waals surface area (Å²) in [4.78, 5) is 22.3. The number of amides is 1. The number of hydrogen-bond acceptors (Lipinski definition) is 6. The number of anilines is 1. The predicted octanol–water partition coefficient (Wildman–Crippen LogP) is 3.64. The minimum Gasteiger partial charge on any atom is -0.394 e. The molecule has 1 saturated heterocycles. The summed E-state index contributed by atoms with van der Waals surface area (Å²) in [6.45, 7) is 4.91. The number of fused-ring (bicyclic) bond motifs is 1. The van der Waals surface area contributed by atoms with Crippen LogP contribution in [-0.4, -0.2) is 84.4 Å². The number of allylic oxidation sites excluding steroid dienone is 1. The number of aliphatic hydroxyl groups is 1. The van der Waals surface area contributed by atoms with Crippen LogP contribution >= 0.6 is 0 Å². The number of hydrogen-bond donors (Lipinski definition) is 2. The van der Waals surface area contributed by atoms with Crippen molar-refractivity contribution in [3.05, 3.63) is 101 Å². The van der Waals surface area contributed by atoms with Crippen molar-refractivity contribution in [2.24, 2.45) is 0 Å². The van der Waals surface area contributed by atoms with Crippen LogP contribution in [0.2, 0.25) is 0 Å². The van der Waals surface area contributed by atoms with Crippen molar-refractivity contribution in [3.63, 3.8) is 0 Å². The zero-order valence-electron chi connectivity index (χ0n) is 22.5. The zero-order chi connectivity index (χ0) is 26.9. The number of aromatic nitrogens is 1. The van der Waals surface area contributed by atoms with Gasteiger partial charge in [0.2, 0.25) is 5.91 Å². The van der Waals surface area contributed by atoms with E-state index < -0.39 is 0 Å². The van der Waals surface area contributed by atoms with Gasteiger partial charge >= 0.3 is 0 Å². The Bertz CT molecular complexity index is 1240. The smallest absolute Gasteiger partial charge is 0.245 e. The first-order chi connectivity index (χ1) is 19.2. The molecule has 7 nitrogen and oxygen atoms in total. The highest BCUT2D eigenvalue weighted by Gasteiger charge is 2.29. The normalized spacial score (nSPS) is 16.0. The number of piperazine rings is 1. The average Bonchev–Trinajstić information content (AvgIpc) is 3.39. The van der Waals surface area contributed by atoms with Gasteiger partial charge in [0.15, 0.2) is 0 Å². The van der Waals surface area contributed by atoms with Crippen molar-refractivity contribution >= 4 is 17.2 Å². The fourth-order valence-corrected chi connectivity index (χ4v) is 5.40. The molecule has 1 amide bonds. The van der Waals surface area contributed by atoms with E-state index in [4.69, 9.17) is 9.84 Å². The molecule has 2 heterocycles. The second kappa shape index (κ2) is 13.5. The number of ether oxygens (including phenoxy) is 1. The summed E-state index contributed by atoms with van der Waals surface area (Å²) in [5.74, 6) is 0.150. The molecule has 5 rings (SSSR count). The lowest BCUT2D eigenvalue weighted by Gasteiger charge is -2.36. The van der Waals surface area contributed by atoms with E-state index in [1.165, 1.54) is 27.8 Å². The maximum Gasteiger partial charge on any atom is 0.245 e. The number of pyridine rings is 1. The van der Waals surface area contributed by atoms with Gasteiger partial charge in [-0.25, -0.2) is 0 Å². The summed E-state index contributed by atoms with van der Waals surface area (Å²) < 4.78 is 5.42. The van der Waals surface area contributed by atoms with Crippen LogP contribution in [0.4, 0.5) is 5.69 Å². The number of rotatable bonds is 12. The van der Waals surface area contributed by atoms with E-state index in [-0.39, 0.29) is 18.6 Å². The largest absolute Gasteiger partial charge is 0.394 e. The molecule has 1 aromatic heterocycles. The van der Waals surface area contributed by atoms with Gasteiger partial charge in [-0.15, -0.1) is 0 Å². The van der Waals surface area contributed by atoms with E-state index in [1.807, 2.05) is 29.4 Å². The molecule has 0 saturated carbocycles. The molecule has 39 heavy (non-hydrogen) atoms. The van der Waals surface area contributed by atoms with Crippen molar-refractivity contribution < 1.29 is 14.6 Å². The first-order valence-corrected chi connectivity index (χ1v) is 13.9. The van der Waals surface area contributed by atoms with Crippen LogP contribution in [0.5, 0.6) is 0 Å². The molecule has 7 heteroatoms. The molecule has 1 aliphatic heterocycles. The summed E-state index contributed by atoms with van der Waals surface area (Å²) in [7, 11) is 0. The van der Waals surface area contributed by atoms with Crippen molar-refractivity contribution in [1.82, 2.24) is 14.8 Å². The molecule has 0 radical (unpaired) electrons. The standard InChI is InChI=1S/C32H38N4O3/c37-20-22-39-21-19-35-15-17-36(18-16-35)32(38)31(24-28-8-7-27-3-1-2-4-30(27)28)34-29-9-5-25(6-10-29)23-26-11-13-33-14-12-26/h1-6,8-14,31,34,37H,7,15-24H2. The van der Waals surface area contributed by atoms with E-state index >= 15 is 0 Å². The lowest BCUT2D eigenvalue weighted by Crippen LogP contribution is -2.53. The quantitative estimate of drug-likeness (QED) is 0.351. The van der Waals surface area contributed by atoms with Crippen LogP contribution in [0.3, 0.4) is 0 Å². The van der Waals surface area contributed by atoms with Crippen LogP contribution in [0.15, 0.2) is 79.1 Å². The summed E-state index contributed by atoms with van der Waals surface area (Å²) in [6, 6.07) is 20.7. The van der Waals surface area contributed by atoms with Gasteiger partial charge in [0.25, 0.3) is 0 Å². The number of carbonyl (C=O) groups excluding carboxylic acids is 1. The summed E-state index contributed by atoms with van der Waals surface area (Å²) >= 11 is 0. The monoisotopic (exact) mass is 526 g/mol. The summed E-state index contributed by atoms with van der Waals surface area (Å²) in [5, 5.41) is 12.5. The molecule has 2 N–H and O–H groups in total. The van der Waals surface area contributed by atoms with E-state index in [9.17, 15) is 4.79 Å². The zero-order valence-corrected chi connectivity index (χ0v) is 22.5. The highest BCUT2D eigenvalue weighted by atomic mass is 16.5. The molecular weight excluding hydrogens is 488 g/mol. The molecule has 0 bridgehead atoms. The van der Waals surface area contributed by atoms with Crippen LogP contribution in [0.25, 0.3) is 5.57 Å². The fraction of sp³-hybridized carbons (Fsp3) is 0.375. The molecule has 2 aliphatic rings. The number of aliphatic hydroxyl groups excluding tert-OH is 1. The van der Waals surface area contributed by atoms with Gasteiger partial charge in [-0.1, -0.05) is 42.5 Å². The van der Waals surface area contributed by atoms with Gasteiger partial charge in [0.1, 0.15) is 6.04 Å². The van der Waals surface area contributed by atoms with Crippen LogP contribution in [0.1, 0.15) is 28.7 Å². The molecule has 1 fully saturated rings. The number of nitrogens with one attached hydrogen (secondary N) is 1. The van der Waals surface area contributed by atoms with Crippen molar-refractivity contribution in [1.29, 1.82) is 0 Å². The van der Waals surface area contributed by atoms with Crippen molar-refractivity contribution in [2.75, 3.05) is 57.9 Å². The Hall–Kier alpha value is -3.52. The Morgan fingerprint density at radius 1 is 0.949 bits per heavy atom. The van der Waals surface area contributed by atoms with Crippen LogP contribution in [0, 0.1) is 0 Å². The Labute approximate surface area is 231 Å². The lowest BCUT2D eigenvalue weighted by atomic mass is 9.98. The Kier molecular flexibility index (Phi) is 9.38. The predicted molar refractivity (Wildman–Crippen MR) is 155 cm³/mol.